The number of aromatic amines is 1. The van der Waals surface area contributed by atoms with Gasteiger partial charge in [0.25, 0.3) is 5.56 Å². The van der Waals surface area contributed by atoms with Gasteiger partial charge in [0.15, 0.2) is 0 Å². The Morgan fingerprint density at radius 3 is 2.04 bits per heavy atom. The number of H-pyrrole nitrogens is 1. The van der Waals surface area contributed by atoms with Crippen molar-refractivity contribution in [3.63, 3.8) is 0 Å². The number of nitrogens with one attached hydrogen (secondary N) is 2. The number of aliphatic hydroxyl groups excluding tert-OH is 1. The molecular weight excluding hydrogens is 992 g/mol. The Bertz CT molecular complexity index is 2770. The van der Waals surface area contributed by atoms with Gasteiger partial charge in [0, 0.05) is 12.3 Å². The number of imide groups is 1. The van der Waals surface area contributed by atoms with E-state index < -0.39 is 84.4 Å². The number of benzene rings is 4. The number of rotatable bonds is 20. The van der Waals surface area contributed by atoms with E-state index in [1.165, 1.54) is 11.1 Å². The molecule has 1 aromatic heterocycles. The number of phosphoric ester groups is 1. The Morgan fingerprint density at radius 1 is 0.814 bits per heavy atom. The van der Waals surface area contributed by atoms with E-state index in [0.29, 0.717) is 22.6 Å². The van der Waals surface area contributed by atoms with Crippen LogP contribution in [0.25, 0.3) is 0 Å². The topological polar surface area (TPSA) is 239 Å². The molecule has 1 unspecified atom stereocenters. The summed E-state index contributed by atoms with van der Waals surface area (Å²) in [6, 6.07) is 36.1. The predicted octanol–water partition coefficient (Wildman–Crippen LogP) is 4.53. The summed E-state index contributed by atoms with van der Waals surface area (Å²) in [5, 5.41) is 23.1. The first kappa shape index (κ1) is 50.4. The number of aromatic nitrogens is 2. The fourth-order valence-electron chi connectivity index (χ4n) is 8.59. The summed E-state index contributed by atoms with van der Waals surface area (Å²) < 4.78 is 64.8. The maximum atomic E-state index is 14.9. The summed E-state index contributed by atoms with van der Waals surface area (Å²) in [6.45, 7) is 0.601. The molecule has 3 aliphatic heterocycles. The molecule has 4 heterocycles. The van der Waals surface area contributed by atoms with Gasteiger partial charge in [-0.2, -0.15) is 5.26 Å². The minimum Gasteiger partial charge on any atom is -0.497 e. The second-order valence-electron chi connectivity index (χ2n) is 16.8. The minimum absolute atomic E-state index is 0.0174. The third-order valence-corrected chi connectivity index (χ3v) is 16.3. The van der Waals surface area contributed by atoms with Crippen molar-refractivity contribution in [2.24, 2.45) is 0 Å². The summed E-state index contributed by atoms with van der Waals surface area (Å²) in [7, 11) is -1.60. The van der Waals surface area contributed by atoms with Gasteiger partial charge in [-0.15, -0.1) is 0 Å². The van der Waals surface area contributed by atoms with Gasteiger partial charge in [-0.05, 0) is 41.0 Å². The average molecular weight is 1040 g/mol. The zero-order valence-electron chi connectivity index (χ0n) is 38.4. The van der Waals surface area contributed by atoms with E-state index in [0.717, 1.165) is 20.7 Å². The first-order valence-corrected chi connectivity index (χ1v) is 25.5. The first-order valence-electron chi connectivity index (χ1n) is 22.4. The van der Waals surface area contributed by atoms with Gasteiger partial charge in [-0.1, -0.05) is 54.6 Å². The van der Waals surface area contributed by atoms with E-state index in [1.807, 2.05) is 115 Å². The number of methoxy groups -OCH3 is 2. The van der Waals surface area contributed by atoms with E-state index >= 15 is 0 Å². The number of aliphatic hydroxyl groups is 1. The molecule has 19 nitrogen and oxygen atoms in total. The van der Waals surface area contributed by atoms with Crippen LogP contribution in [-0.2, 0) is 42.7 Å². The number of hydrogen-bond donors (Lipinski definition) is 3. The molecule has 0 aliphatic carbocycles. The average Bonchev–Trinajstić information content (AvgIpc) is 3.94. The molecular formula is C49H52N5O14PSe. The van der Waals surface area contributed by atoms with Crippen molar-refractivity contribution in [3.8, 4) is 17.6 Å². The standard InChI is InChI=1S/C49H52N5O14PSe/c1-48(70-37-13-8-5-9-14-37)31-54(47(59)52-45(48)57)43-27-38(55)40(66-43)30-65-69(60,64-26-10-24-50)68-39-28-44(53-25-23-42(56)51-46(53)58)67-41(39)29-63-49(32-11-6-4-7-12-32,33-15-19-35(61-2)20-16-33)34-17-21-36(62-3)22-18-34/h4-9,11-23,25,38-41,43-44,55H,10,26-31H2,1-3H3,(H,51,56,58)(H,52,57,59)/t38-,39-,40+,41+,43+,44+,48-,69?/m0/s1. The summed E-state index contributed by atoms with van der Waals surface area (Å²) in [5.41, 5.74) is -0.607. The smallest absolute Gasteiger partial charge is 0.118 e. The molecule has 0 radical (unpaired) electrons. The molecule has 3 saturated heterocycles. The second-order valence-corrected chi connectivity index (χ2v) is 21.7. The Labute approximate surface area is 409 Å². The summed E-state index contributed by atoms with van der Waals surface area (Å²) in [5.74, 6) is 0.802. The summed E-state index contributed by atoms with van der Waals surface area (Å²) in [4.78, 5) is 55.3. The van der Waals surface area contributed by atoms with Crippen LogP contribution in [-0.4, -0.2) is 118 Å². The number of nitrogens with zero attached hydrogens (tertiary/aromatic N) is 3. The van der Waals surface area contributed by atoms with Crippen LogP contribution in [0.4, 0.5) is 4.79 Å². The van der Waals surface area contributed by atoms with Crippen molar-refractivity contribution in [2.75, 3.05) is 40.6 Å². The van der Waals surface area contributed by atoms with Crippen LogP contribution in [0.15, 0.2) is 131 Å². The van der Waals surface area contributed by atoms with E-state index in [1.54, 1.807) is 21.1 Å². The van der Waals surface area contributed by atoms with E-state index in [4.69, 9.17) is 37.3 Å². The zero-order chi connectivity index (χ0) is 49.5. The molecule has 70 heavy (non-hydrogen) atoms. The maximum Gasteiger partial charge on any atom is 0.118 e. The summed E-state index contributed by atoms with van der Waals surface area (Å²) in [6.07, 6.45) is -5.84. The third kappa shape index (κ3) is 11.1. The monoisotopic (exact) mass is 1050 g/mol. The van der Waals surface area contributed by atoms with Crippen LogP contribution in [0, 0.1) is 11.3 Å². The van der Waals surface area contributed by atoms with Gasteiger partial charge >= 0.3 is 204 Å². The number of amides is 3. The van der Waals surface area contributed by atoms with Crippen LogP contribution < -0.4 is 30.5 Å². The number of carbonyl (C=O) groups is 2. The van der Waals surface area contributed by atoms with Crippen LogP contribution in [0.5, 0.6) is 11.5 Å². The van der Waals surface area contributed by atoms with E-state index in [9.17, 15) is 34.1 Å². The van der Waals surface area contributed by atoms with Gasteiger partial charge in [0.1, 0.15) is 23.3 Å². The van der Waals surface area contributed by atoms with Gasteiger partial charge in [-0.25, -0.2) is 4.79 Å². The molecule has 3 N–H and O–H groups in total. The Balaban J connectivity index is 1.07. The quantitative estimate of drug-likeness (QED) is 0.0420. The zero-order valence-corrected chi connectivity index (χ0v) is 41.0. The van der Waals surface area contributed by atoms with Gasteiger partial charge < -0.3 is 18.9 Å². The van der Waals surface area contributed by atoms with Crippen LogP contribution in [0.3, 0.4) is 0 Å². The Hall–Kier alpha value is -5.94. The number of phosphoric acid groups is 1. The van der Waals surface area contributed by atoms with Crippen molar-refractivity contribution in [1.29, 1.82) is 5.26 Å². The van der Waals surface area contributed by atoms with Crippen LogP contribution >= 0.6 is 7.82 Å². The predicted molar refractivity (Wildman–Crippen MR) is 252 cm³/mol. The first-order chi connectivity index (χ1) is 33.8. The van der Waals surface area contributed by atoms with Gasteiger partial charge in [0.05, 0.1) is 26.9 Å². The van der Waals surface area contributed by atoms with Gasteiger partial charge in [-0.3, -0.25) is 14.3 Å². The normalized spacial score (nSPS) is 24.4. The number of carbonyl (C=O) groups excluding carboxylic acids is 2. The van der Waals surface area contributed by atoms with Crippen molar-refractivity contribution >= 4 is 39.2 Å². The molecule has 4 aromatic carbocycles. The van der Waals surface area contributed by atoms with Crippen molar-refractivity contribution in [1.82, 2.24) is 19.8 Å². The van der Waals surface area contributed by atoms with Gasteiger partial charge in [0.2, 0.25) is 0 Å². The van der Waals surface area contributed by atoms with Crippen molar-refractivity contribution in [3.05, 3.63) is 159 Å². The van der Waals surface area contributed by atoms with E-state index in [-0.39, 0.29) is 54.0 Å². The van der Waals surface area contributed by atoms with Crippen LogP contribution in [0.2, 0.25) is 4.31 Å². The molecule has 8 atom stereocenters. The largest absolute Gasteiger partial charge is 0.497 e. The summed E-state index contributed by atoms with van der Waals surface area (Å²) >= 11 is -0.381. The SMILES string of the molecule is COc1ccc(C(OC[C@H]2O[C@@H](n3ccc(=O)[nH]c3=O)C[C@@H]2OP(=O)(OCCC#N)OC[C@H]2O[C@@H](N3C[C@](C)([Se]c4ccccc4)C(=O)NC3=O)C[C@@H]2O)(c2ccccc2)c2ccc(OC)cc2)cc1. The Morgan fingerprint density at radius 2 is 1.43 bits per heavy atom. The maximum absolute atomic E-state index is 14.9. The molecule has 5 aromatic rings. The van der Waals surface area contributed by atoms with Crippen LogP contribution in [0.1, 0.15) is 49.1 Å². The number of hydrogen-bond acceptors (Lipinski definition) is 15. The number of nitriles is 1. The second kappa shape index (κ2) is 22.0. The van der Waals surface area contributed by atoms with Crippen molar-refractivity contribution in [2.45, 2.75) is 73.0 Å². The molecule has 8 rings (SSSR count). The fourth-order valence-corrected chi connectivity index (χ4v) is 12.4. The minimum atomic E-state index is -4.73. The molecule has 0 saturated carbocycles. The molecule has 21 heteroatoms. The van der Waals surface area contributed by atoms with Crippen molar-refractivity contribution < 1.29 is 56.5 Å². The third-order valence-electron chi connectivity index (χ3n) is 12.2. The molecule has 3 fully saturated rings. The number of urea groups is 1. The molecule has 368 valence electrons. The molecule has 0 bridgehead atoms. The fraction of sp³-hybridized carbons (Fsp3) is 0.367. The number of ether oxygens (including phenoxy) is 5. The van der Waals surface area contributed by atoms with E-state index in [2.05, 4.69) is 10.3 Å². The molecule has 0 spiro atoms. The Kier molecular flexibility index (Phi) is 15.9. The molecule has 3 amide bonds. The molecule has 3 aliphatic rings.